The van der Waals surface area contributed by atoms with Crippen molar-refractivity contribution in [2.45, 2.75) is 40.0 Å². The largest absolute Gasteiger partial charge is 0.454 e. The van der Waals surface area contributed by atoms with Gasteiger partial charge in [0.15, 0.2) is 11.5 Å². The Morgan fingerprint density at radius 2 is 1.83 bits per heavy atom. The van der Waals surface area contributed by atoms with E-state index in [9.17, 15) is 14.4 Å². The summed E-state index contributed by atoms with van der Waals surface area (Å²) in [5.41, 5.74) is 0.645. The number of aromatic nitrogens is 3. The zero-order valence-electron chi connectivity index (χ0n) is 16.3. The van der Waals surface area contributed by atoms with E-state index in [1.807, 2.05) is 25.1 Å². The lowest BCUT2D eigenvalue weighted by Crippen LogP contribution is -2.40. The minimum absolute atomic E-state index is 0.00305. The van der Waals surface area contributed by atoms with Crippen molar-refractivity contribution in [1.29, 1.82) is 0 Å². The van der Waals surface area contributed by atoms with E-state index in [-0.39, 0.29) is 30.5 Å². The molecular weight excluding hydrogens is 376 g/mol. The predicted molar refractivity (Wildman–Crippen MR) is 106 cm³/mol. The monoisotopic (exact) mass is 398 g/mol. The molecular formula is C20H22N4O5. The Morgan fingerprint density at radius 1 is 1.07 bits per heavy atom. The first-order valence-corrected chi connectivity index (χ1v) is 9.51. The van der Waals surface area contributed by atoms with Crippen LogP contribution in [-0.2, 0) is 31.0 Å². The first-order valence-electron chi connectivity index (χ1n) is 9.51. The molecule has 0 saturated heterocycles. The highest BCUT2D eigenvalue weighted by molar-refractivity contribution is 5.80. The van der Waals surface area contributed by atoms with E-state index in [1.165, 1.54) is 9.13 Å². The molecule has 1 aliphatic heterocycles. The number of fused-ring (bicyclic) bond motifs is 2. The van der Waals surface area contributed by atoms with Gasteiger partial charge < -0.3 is 19.4 Å². The van der Waals surface area contributed by atoms with Crippen LogP contribution < -0.4 is 26.0 Å². The van der Waals surface area contributed by atoms with Gasteiger partial charge >= 0.3 is 5.69 Å². The second-order valence-electron chi connectivity index (χ2n) is 6.72. The molecule has 152 valence electrons. The van der Waals surface area contributed by atoms with Gasteiger partial charge in [0, 0.05) is 25.8 Å². The van der Waals surface area contributed by atoms with Crippen LogP contribution in [0.1, 0.15) is 19.4 Å². The van der Waals surface area contributed by atoms with E-state index in [2.05, 4.69) is 5.32 Å². The average molecular weight is 398 g/mol. The number of ether oxygens (including phenoxy) is 2. The SMILES string of the molecule is CCn1c(=O)c2ccn(CC(=O)NCc3ccc4c(c3)OCO4)c2n(CC)c1=O. The summed E-state index contributed by atoms with van der Waals surface area (Å²) in [5, 5.41) is 3.28. The van der Waals surface area contributed by atoms with E-state index >= 15 is 0 Å². The first-order chi connectivity index (χ1) is 14.0. The Bertz CT molecular complexity index is 1200. The van der Waals surface area contributed by atoms with Crippen molar-refractivity contribution < 1.29 is 14.3 Å². The van der Waals surface area contributed by atoms with E-state index in [0.29, 0.717) is 42.2 Å². The number of hydrogen-bond donors (Lipinski definition) is 1. The Morgan fingerprint density at radius 3 is 2.59 bits per heavy atom. The van der Waals surface area contributed by atoms with Gasteiger partial charge in [-0.15, -0.1) is 0 Å². The highest BCUT2D eigenvalue weighted by Crippen LogP contribution is 2.32. The maximum Gasteiger partial charge on any atom is 0.332 e. The standard InChI is InChI=1S/C20H22N4O5/c1-3-23-18-14(19(26)24(4-2)20(23)27)7-8-22(18)11-17(25)21-10-13-5-6-15-16(9-13)29-12-28-15/h5-9H,3-4,10-12H2,1-2H3,(H,21,25). The molecule has 1 N–H and O–H groups in total. The molecule has 3 heterocycles. The summed E-state index contributed by atoms with van der Waals surface area (Å²) < 4.78 is 15.0. The fraction of sp³-hybridized carbons (Fsp3) is 0.350. The van der Waals surface area contributed by atoms with Crippen molar-refractivity contribution in [2.75, 3.05) is 6.79 Å². The van der Waals surface area contributed by atoms with Gasteiger partial charge in [-0.1, -0.05) is 6.07 Å². The third-order valence-corrected chi connectivity index (χ3v) is 5.00. The number of amides is 1. The summed E-state index contributed by atoms with van der Waals surface area (Å²) in [6, 6.07) is 7.15. The number of benzene rings is 1. The number of carbonyl (C=O) groups is 1. The van der Waals surface area contributed by atoms with E-state index < -0.39 is 0 Å². The smallest absolute Gasteiger partial charge is 0.332 e. The second kappa shape index (κ2) is 7.50. The summed E-state index contributed by atoms with van der Waals surface area (Å²) in [5.74, 6) is 1.12. The molecule has 0 atom stereocenters. The van der Waals surface area contributed by atoms with E-state index in [0.717, 1.165) is 5.56 Å². The molecule has 3 aromatic rings. The van der Waals surface area contributed by atoms with Crippen LogP contribution in [0.15, 0.2) is 40.1 Å². The molecule has 2 aromatic heterocycles. The lowest BCUT2D eigenvalue weighted by molar-refractivity contribution is -0.121. The van der Waals surface area contributed by atoms with Gasteiger partial charge in [0.05, 0.1) is 5.39 Å². The van der Waals surface area contributed by atoms with Gasteiger partial charge in [0.2, 0.25) is 12.7 Å². The molecule has 0 unspecified atom stereocenters. The average Bonchev–Trinajstić information content (AvgIpc) is 3.34. The Hall–Kier alpha value is -3.49. The number of nitrogens with zero attached hydrogens (tertiary/aromatic N) is 3. The fourth-order valence-corrected chi connectivity index (χ4v) is 3.55. The van der Waals surface area contributed by atoms with Crippen LogP contribution in [0.2, 0.25) is 0 Å². The molecule has 29 heavy (non-hydrogen) atoms. The fourth-order valence-electron chi connectivity index (χ4n) is 3.55. The summed E-state index contributed by atoms with van der Waals surface area (Å²) >= 11 is 0. The number of hydrogen-bond acceptors (Lipinski definition) is 5. The van der Waals surface area contributed by atoms with Gasteiger partial charge in [-0.3, -0.25) is 18.7 Å². The lowest BCUT2D eigenvalue weighted by Gasteiger charge is -2.13. The summed E-state index contributed by atoms with van der Waals surface area (Å²) in [6.45, 7) is 4.83. The van der Waals surface area contributed by atoms with Crippen molar-refractivity contribution >= 4 is 16.9 Å². The van der Waals surface area contributed by atoms with Crippen LogP contribution in [0, 0.1) is 0 Å². The van der Waals surface area contributed by atoms with Gasteiger partial charge in [-0.05, 0) is 37.6 Å². The van der Waals surface area contributed by atoms with Crippen molar-refractivity contribution in [3.63, 3.8) is 0 Å². The molecule has 1 aliphatic rings. The molecule has 1 aromatic carbocycles. The molecule has 9 heteroatoms. The number of aryl methyl sites for hydroxylation is 1. The number of rotatable bonds is 6. The van der Waals surface area contributed by atoms with Crippen molar-refractivity contribution in [3.8, 4) is 11.5 Å². The maximum absolute atomic E-state index is 12.6. The van der Waals surface area contributed by atoms with Crippen molar-refractivity contribution in [2.24, 2.45) is 0 Å². The van der Waals surface area contributed by atoms with Gasteiger partial charge in [0.1, 0.15) is 12.2 Å². The van der Waals surface area contributed by atoms with Crippen LogP contribution in [0.25, 0.3) is 11.0 Å². The quantitative estimate of drug-likeness (QED) is 0.670. The molecule has 0 fully saturated rings. The Kier molecular flexibility index (Phi) is 4.87. The highest BCUT2D eigenvalue weighted by Gasteiger charge is 2.17. The molecule has 0 aliphatic carbocycles. The Balaban J connectivity index is 1.55. The molecule has 0 radical (unpaired) electrons. The summed E-state index contributed by atoms with van der Waals surface area (Å²) in [6.07, 6.45) is 1.66. The third-order valence-electron chi connectivity index (χ3n) is 5.00. The highest BCUT2D eigenvalue weighted by atomic mass is 16.7. The molecule has 0 bridgehead atoms. The van der Waals surface area contributed by atoms with Gasteiger partial charge in [-0.25, -0.2) is 4.79 Å². The molecule has 0 saturated carbocycles. The zero-order chi connectivity index (χ0) is 20.5. The topological polar surface area (TPSA) is 96.5 Å². The minimum Gasteiger partial charge on any atom is -0.454 e. The normalized spacial score (nSPS) is 12.5. The number of nitrogens with one attached hydrogen (secondary N) is 1. The first kappa shape index (κ1) is 18.9. The van der Waals surface area contributed by atoms with Crippen molar-refractivity contribution in [1.82, 2.24) is 19.0 Å². The predicted octanol–water partition coefficient (Wildman–Crippen LogP) is 1.05. The molecule has 1 amide bonds. The van der Waals surface area contributed by atoms with E-state index in [1.54, 1.807) is 23.8 Å². The number of carbonyl (C=O) groups excluding carboxylic acids is 1. The minimum atomic E-state index is -0.367. The summed E-state index contributed by atoms with van der Waals surface area (Å²) in [4.78, 5) is 37.7. The van der Waals surface area contributed by atoms with E-state index in [4.69, 9.17) is 9.47 Å². The third kappa shape index (κ3) is 3.28. The lowest BCUT2D eigenvalue weighted by atomic mass is 10.2. The second-order valence-corrected chi connectivity index (χ2v) is 6.72. The zero-order valence-corrected chi connectivity index (χ0v) is 16.3. The van der Waals surface area contributed by atoms with Crippen LogP contribution in [0.4, 0.5) is 0 Å². The molecule has 4 rings (SSSR count). The Labute approximate surface area is 166 Å². The van der Waals surface area contributed by atoms with Crippen LogP contribution in [0.3, 0.4) is 0 Å². The van der Waals surface area contributed by atoms with Crippen LogP contribution in [0.5, 0.6) is 11.5 Å². The van der Waals surface area contributed by atoms with Gasteiger partial charge in [0.25, 0.3) is 5.56 Å². The summed E-state index contributed by atoms with van der Waals surface area (Å²) in [7, 11) is 0. The molecule has 9 nitrogen and oxygen atoms in total. The van der Waals surface area contributed by atoms with Gasteiger partial charge in [-0.2, -0.15) is 0 Å². The van der Waals surface area contributed by atoms with Crippen molar-refractivity contribution in [3.05, 3.63) is 56.9 Å². The van der Waals surface area contributed by atoms with Crippen LogP contribution >= 0.6 is 0 Å². The maximum atomic E-state index is 12.6. The van der Waals surface area contributed by atoms with Crippen LogP contribution in [-0.4, -0.2) is 26.4 Å². The molecule has 0 spiro atoms.